The molecule has 0 bridgehead atoms. The van der Waals surface area contributed by atoms with Crippen molar-refractivity contribution in [3.63, 3.8) is 0 Å². The van der Waals surface area contributed by atoms with E-state index >= 15 is 0 Å². The fourth-order valence-corrected chi connectivity index (χ4v) is 3.66. The third-order valence-corrected chi connectivity index (χ3v) is 5.42. The van der Waals surface area contributed by atoms with Gasteiger partial charge in [0.2, 0.25) is 0 Å². The van der Waals surface area contributed by atoms with E-state index in [0.717, 1.165) is 30.9 Å². The third kappa shape index (κ3) is 6.86. The van der Waals surface area contributed by atoms with Gasteiger partial charge in [-0.15, -0.1) is 0 Å². The van der Waals surface area contributed by atoms with Gasteiger partial charge in [0.25, 0.3) is 0 Å². The molecule has 2 aromatic carbocycles. The first kappa shape index (κ1) is 21.3. The minimum absolute atomic E-state index is 0.405. The number of piperazine rings is 1. The maximum Gasteiger partial charge on any atom is 0.120 e. The number of likely N-dealkylation sites (N-methyl/N-ethyl adjacent to an activating group) is 1. The maximum absolute atomic E-state index is 9.20. The van der Waals surface area contributed by atoms with Gasteiger partial charge in [0, 0.05) is 44.8 Å². The van der Waals surface area contributed by atoms with E-state index in [-0.39, 0.29) is 0 Å². The van der Waals surface area contributed by atoms with Crippen molar-refractivity contribution in [1.29, 1.82) is 5.26 Å². The first-order chi connectivity index (χ1) is 14.1. The Morgan fingerprint density at radius 1 is 1.10 bits per heavy atom. The van der Waals surface area contributed by atoms with E-state index in [4.69, 9.17) is 4.74 Å². The van der Waals surface area contributed by atoms with E-state index in [0.29, 0.717) is 18.1 Å². The summed E-state index contributed by atoms with van der Waals surface area (Å²) in [5.41, 5.74) is 2.79. The van der Waals surface area contributed by atoms with Crippen LogP contribution in [0.15, 0.2) is 48.5 Å². The molecule has 29 heavy (non-hydrogen) atoms. The molecule has 1 saturated heterocycles. The van der Waals surface area contributed by atoms with E-state index in [1.807, 2.05) is 36.4 Å². The predicted molar refractivity (Wildman–Crippen MR) is 117 cm³/mol. The topological polar surface area (TPSA) is 51.5 Å². The van der Waals surface area contributed by atoms with Crippen LogP contribution in [0.5, 0.6) is 5.75 Å². The van der Waals surface area contributed by atoms with Crippen LogP contribution >= 0.6 is 0 Å². The quantitative estimate of drug-likeness (QED) is 0.711. The second-order valence-corrected chi connectivity index (χ2v) is 8.04. The Bertz CT molecular complexity index is 809. The molecule has 1 unspecified atom stereocenters. The molecule has 1 N–H and O–H groups in total. The zero-order valence-electron chi connectivity index (χ0n) is 17.6. The number of ether oxygens (including phenoxy) is 1. The minimum atomic E-state index is 0.405. The van der Waals surface area contributed by atoms with Crippen molar-refractivity contribution >= 4 is 0 Å². The molecular weight excluding hydrogens is 360 g/mol. The molecule has 1 heterocycles. The van der Waals surface area contributed by atoms with Crippen molar-refractivity contribution in [2.45, 2.75) is 20.1 Å². The minimum Gasteiger partial charge on any atom is -0.489 e. The summed E-state index contributed by atoms with van der Waals surface area (Å²) in [7, 11) is 2.20. The van der Waals surface area contributed by atoms with Crippen LogP contribution in [0, 0.1) is 17.2 Å². The summed E-state index contributed by atoms with van der Waals surface area (Å²) < 4.78 is 5.92. The summed E-state index contributed by atoms with van der Waals surface area (Å²) in [4.78, 5) is 4.97. The first-order valence-corrected chi connectivity index (χ1v) is 10.5. The van der Waals surface area contributed by atoms with Gasteiger partial charge in [-0.3, -0.25) is 0 Å². The molecule has 0 radical (unpaired) electrons. The number of hydrogen-bond donors (Lipinski definition) is 1. The van der Waals surface area contributed by atoms with Crippen molar-refractivity contribution in [2.24, 2.45) is 5.92 Å². The molecule has 1 aliphatic rings. The van der Waals surface area contributed by atoms with Gasteiger partial charge in [-0.05, 0) is 43.3 Å². The Morgan fingerprint density at radius 3 is 2.69 bits per heavy atom. The van der Waals surface area contributed by atoms with Gasteiger partial charge in [0.05, 0.1) is 11.6 Å². The van der Waals surface area contributed by atoms with Crippen LogP contribution in [0.4, 0.5) is 0 Å². The summed E-state index contributed by atoms with van der Waals surface area (Å²) >= 11 is 0. The van der Waals surface area contributed by atoms with Crippen LogP contribution in [0.2, 0.25) is 0 Å². The SMILES string of the molecule is CC(CNCc1cccc(OCc2ccccc2C#N)c1)CN1CCN(C)CC1. The molecule has 0 aliphatic carbocycles. The van der Waals surface area contributed by atoms with Gasteiger partial charge in [-0.1, -0.05) is 37.3 Å². The molecule has 154 valence electrons. The number of nitrogens with zero attached hydrogens (tertiary/aromatic N) is 3. The highest BCUT2D eigenvalue weighted by molar-refractivity contribution is 5.37. The Balaban J connectivity index is 1.42. The maximum atomic E-state index is 9.20. The molecule has 3 rings (SSSR count). The molecule has 1 fully saturated rings. The molecule has 0 spiro atoms. The van der Waals surface area contributed by atoms with Gasteiger partial charge in [0.1, 0.15) is 12.4 Å². The zero-order chi connectivity index (χ0) is 20.5. The Hall–Kier alpha value is -2.39. The van der Waals surface area contributed by atoms with Gasteiger partial charge in [-0.25, -0.2) is 0 Å². The predicted octanol–water partition coefficient (Wildman–Crippen LogP) is 3.11. The Kier molecular flexibility index (Phi) is 8.06. The van der Waals surface area contributed by atoms with Crippen molar-refractivity contribution < 1.29 is 4.74 Å². The standard InChI is InChI=1S/C24H32N4O/c1-20(18-28-12-10-27(2)11-13-28)16-26-17-21-6-5-9-24(14-21)29-19-23-8-4-3-7-22(23)15-25/h3-9,14,20,26H,10-13,16-19H2,1-2H3. The molecule has 0 saturated carbocycles. The second-order valence-electron chi connectivity index (χ2n) is 8.04. The smallest absolute Gasteiger partial charge is 0.120 e. The van der Waals surface area contributed by atoms with E-state index in [1.54, 1.807) is 0 Å². The highest BCUT2D eigenvalue weighted by Crippen LogP contribution is 2.17. The van der Waals surface area contributed by atoms with Crippen LogP contribution in [0.25, 0.3) is 0 Å². The normalized spacial score (nSPS) is 16.3. The van der Waals surface area contributed by atoms with Crippen LogP contribution in [-0.4, -0.2) is 56.1 Å². The molecule has 0 amide bonds. The lowest BCUT2D eigenvalue weighted by atomic mass is 10.1. The number of benzene rings is 2. The van der Waals surface area contributed by atoms with Crippen LogP contribution in [-0.2, 0) is 13.2 Å². The van der Waals surface area contributed by atoms with Gasteiger partial charge in [0.15, 0.2) is 0 Å². The molecule has 0 aromatic heterocycles. The largest absolute Gasteiger partial charge is 0.489 e. The van der Waals surface area contributed by atoms with Gasteiger partial charge < -0.3 is 19.9 Å². The number of hydrogen-bond acceptors (Lipinski definition) is 5. The van der Waals surface area contributed by atoms with Crippen molar-refractivity contribution in [2.75, 3.05) is 46.3 Å². The van der Waals surface area contributed by atoms with Crippen LogP contribution in [0.3, 0.4) is 0 Å². The van der Waals surface area contributed by atoms with E-state index in [1.165, 1.54) is 31.7 Å². The van der Waals surface area contributed by atoms with Crippen LogP contribution in [0.1, 0.15) is 23.6 Å². The molecule has 1 atom stereocenters. The molecule has 5 nitrogen and oxygen atoms in total. The molecule has 2 aromatic rings. The lowest BCUT2D eigenvalue weighted by Gasteiger charge is -2.34. The average molecular weight is 393 g/mol. The molecule has 1 aliphatic heterocycles. The first-order valence-electron chi connectivity index (χ1n) is 10.5. The summed E-state index contributed by atoms with van der Waals surface area (Å²) in [5.74, 6) is 1.46. The van der Waals surface area contributed by atoms with Crippen molar-refractivity contribution in [3.05, 3.63) is 65.2 Å². The third-order valence-electron chi connectivity index (χ3n) is 5.42. The summed E-state index contributed by atoms with van der Waals surface area (Å²) in [6.45, 7) is 10.4. The molecular formula is C24H32N4O. The number of nitriles is 1. The van der Waals surface area contributed by atoms with Crippen LogP contribution < -0.4 is 10.1 Å². The lowest BCUT2D eigenvalue weighted by Crippen LogP contribution is -2.46. The fraction of sp³-hybridized carbons (Fsp3) is 0.458. The van der Waals surface area contributed by atoms with Crippen molar-refractivity contribution in [3.8, 4) is 11.8 Å². The number of rotatable bonds is 9. The Morgan fingerprint density at radius 2 is 1.90 bits per heavy atom. The van der Waals surface area contributed by atoms with Gasteiger partial charge >= 0.3 is 0 Å². The van der Waals surface area contributed by atoms with E-state index in [9.17, 15) is 5.26 Å². The highest BCUT2D eigenvalue weighted by Gasteiger charge is 2.15. The Labute approximate surface area is 174 Å². The summed E-state index contributed by atoms with van der Waals surface area (Å²) in [6, 6.07) is 18.0. The zero-order valence-corrected chi connectivity index (χ0v) is 17.6. The van der Waals surface area contributed by atoms with Gasteiger partial charge in [-0.2, -0.15) is 5.26 Å². The highest BCUT2D eigenvalue weighted by atomic mass is 16.5. The molecule has 5 heteroatoms. The second kappa shape index (κ2) is 11.0. The average Bonchev–Trinajstić information content (AvgIpc) is 2.74. The summed E-state index contributed by atoms with van der Waals surface area (Å²) in [5, 5.41) is 12.8. The summed E-state index contributed by atoms with van der Waals surface area (Å²) in [6.07, 6.45) is 0. The van der Waals surface area contributed by atoms with Crippen molar-refractivity contribution in [1.82, 2.24) is 15.1 Å². The number of nitrogens with one attached hydrogen (secondary N) is 1. The van der Waals surface area contributed by atoms with E-state index in [2.05, 4.69) is 47.3 Å². The lowest BCUT2D eigenvalue weighted by molar-refractivity contribution is 0.138. The fourth-order valence-electron chi connectivity index (χ4n) is 3.66. The monoisotopic (exact) mass is 392 g/mol. The van der Waals surface area contributed by atoms with E-state index < -0.39 is 0 Å².